The van der Waals surface area contributed by atoms with E-state index in [0.717, 1.165) is 30.0 Å². The summed E-state index contributed by atoms with van der Waals surface area (Å²) in [6, 6.07) is 7.63. The van der Waals surface area contributed by atoms with Crippen molar-refractivity contribution in [3.63, 3.8) is 0 Å². The number of carbonyl (C=O) groups is 1. The fraction of sp³-hybridized carbons (Fsp3) is 0.375. The molecule has 22 heavy (non-hydrogen) atoms. The number of oxazole rings is 1. The molecule has 1 aromatic carbocycles. The molecule has 6 nitrogen and oxygen atoms in total. The average Bonchev–Trinajstić information content (AvgIpc) is 3.17. The van der Waals surface area contributed by atoms with Crippen LogP contribution in [0.1, 0.15) is 12.3 Å². The summed E-state index contributed by atoms with van der Waals surface area (Å²) in [5.74, 6) is 1.89. The maximum absolute atomic E-state index is 11.2. The smallest absolute Gasteiger partial charge is 0.221 e. The predicted molar refractivity (Wildman–Crippen MR) is 81.1 cm³/mol. The molecule has 1 fully saturated rings. The van der Waals surface area contributed by atoms with Crippen molar-refractivity contribution in [1.82, 2.24) is 9.88 Å². The molecule has 0 aliphatic carbocycles. The number of benzene rings is 1. The molecule has 1 atom stereocenters. The summed E-state index contributed by atoms with van der Waals surface area (Å²) in [7, 11) is 1.64. The van der Waals surface area contributed by atoms with E-state index in [1.165, 1.54) is 0 Å². The van der Waals surface area contributed by atoms with Crippen molar-refractivity contribution in [2.24, 2.45) is 11.7 Å². The van der Waals surface area contributed by atoms with E-state index in [4.69, 9.17) is 14.9 Å². The van der Waals surface area contributed by atoms with Crippen molar-refractivity contribution in [3.05, 3.63) is 36.4 Å². The Labute approximate surface area is 128 Å². The summed E-state index contributed by atoms with van der Waals surface area (Å²) < 4.78 is 10.9. The van der Waals surface area contributed by atoms with E-state index in [2.05, 4.69) is 9.88 Å². The molecular formula is C16H19N3O3. The number of rotatable bonds is 5. The number of ether oxygens (including phenoxy) is 1. The molecule has 0 bridgehead atoms. The van der Waals surface area contributed by atoms with Gasteiger partial charge in [-0.3, -0.25) is 9.69 Å². The third-order valence-corrected chi connectivity index (χ3v) is 3.96. The van der Waals surface area contributed by atoms with Gasteiger partial charge in [0.05, 0.1) is 25.8 Å². The van der Waals surface area contributed by atoms with E-state index < -0.39 is 0 Å². The number of hydrogen-bond acceptors (Lipinski definition) is 5. The van der Waals surface area contributed by atoms with Gasteiger partial charge in [0.25, 0.3) is 0 Å². The number of hydrogen-bond donors (Lipinski definition) is 1. The minimum Gasteiger partial charge on any atom is -0.497 e. The summed E-state index contributed by atoms with van der Waals surface area (Å²) in [4.78, 5) is 17.6. The maximum Gasteiger partial charge on any atom is 0.221 e. The molecule has 1 aliphatic heterocycles. The summed E-state index contributed by atoms with van der Waals surface area (Å²) in [5.41, 5.74) is 6.30. The van der Waals surface area contributed by atoms with Gasteiger partial charge in [0, 0.05) is 12.1 Å². The number of carbonyl (C=O) groups excluding carboxylic acids is 1. The highest BCUT2D eigenvalue weighted by molar-refractivity contribution is 5.77. The normalized spacial score (nSPS) is 18.5. The SMILES string of the molecule is COc1ccc(-c2cnc(CN3CCC(C(N)=O)C3)o2)cc1. The average molecular weight is 301 g/mol. The highest BCUT2D eigenvalue weighted by Gasteiger charge is 2.27. The van der Waals surface area contributed by atoms with Crippen LogP contribution < -0.4 is 10.5 Å². The van der Waals surface area contributed by atoms with Gasteiger partial charge in [0.2, 0.25) is 11.8 Å². The van der Waals surface area contributed by atoms with Crippen LogP contribution >= 0.6 is 0 Å². The Kier molecular flexibility index (Phi) is 4.11. The van der Waals surface area contributed by atoms with E-state index in [1.54, 1.807) is 13.3 Å². The van der Waals surface area contributed by atoms with Gasteiger partial charge >= 0.3 is 0 Å². The second kappa shape index (κ2) is 6.19. The van der Waals surface area contributed by atoms with Crippen molar-refractivity contribution < 1.29 is 13.9 Å². The van der Waals surface area contributed by atoms with E-state index in [1.807, 2.05) is 24.3 Å². The second-order valence-electron chi connectivity index (χ2n) is 5.47. The summed E-state index contributed by atoms with van der Waals surface area (Å²) in [5, 5.41) is 0. The number of nitrogens with zero attached hydrogens (tertiary/aromatic N) is 2. The van der Waals surface area contributed by atoms with Crippen LogP contribution in [0.15, 0.2) is 34.9 Å². The van der Waals surface area contributed by atoms with Gasteiger partial charge in [-0.1, -0.05) is 0 Å². The molecule has 2 heterocycles. The molecule has 0 spiro atoms. The lowest BCUT2D eigenvalue weighted by molar-refractivity contribution is -0.121. The van der Waals surface area contributed by atoms with Gasteiger partial charge in [-0.05, 0) is 37.2 Å². The Morgan fingerprint density at radius 1 is 1.45 bits per heavy atom. The zero-order valence-corrected chi connectivity index (χ0v) is 12.5. The van der Waals surface area contributed by atoms with Gasteiger partial charge in [0.15, 0.2) is 5.76 Å². The molecule has 1 amide bonds. The Balaban J connectivity index is 1.65. The van der Waals surface area contributed by atoms with Crippen LogP contribution in [0.4, 0.5) is 0 Å². The first kappa shape index (κ1) is 14.6. The summed E-state index contributed by atoms with van der Waals surface area (Å²) in [6.45, 7) is 2.11. The quantitative estimate of drug-likeness (QED) is 0.908. The van der Waals surface area contributed by atoms with Crippen LogP contribution in [0.25, 0.3) is 11.3 Å². The minimum absolute atomic E-state index is 0.0592. The lowest BCUT2D eigenvalue weighted by Crippen LogP contribution is -2.27. The third kappa shape index (κ3) is 3.12. The lowest BCUT2D eigenvalue weighted by atomic mass is 10.1. The molecular weight excluding hydrogens is 282 g/mol. The van der Waals surface area contributed by atoms with E-state index in [9.17, 15) is 4.79 Å². The van der Waals surface area contributed by atoms with Crippen LogP contribution in [0.5, 0.6) is 5.75 Å². The monoisotopic (exact) mass is 301 g/mol. The molecule has 116 valence electrons. The molecule has 0 saturated carbocycles. The van der Waals surface area contributed by atoms with Crippen LogP contribution in [0.3, 0.4) is 0 Å². The third-order valence-electron chi connectivity index (χ3n) is 3.96. The Bertz CT molecular complexity index is 651. The van der Waals surface area contributed by atoms with Crippen LogP contribution in [0.2, 0.25) is 0 Å². The fourth-order valence-electron chi connectivity index (χ4n) is 2.67. The Morgan fingerprint density at radius 2 is 2.23 bits per heavy atom. The minimum atomic E-state index is -0.228. The summed E-state index contributed by atoms with van der Waals surface area (Å²) >= 11 is 0. The van der Waals surface area contributed by atoms with E-state index >= 15 is 0 Å². The standard InChI is InChI=1S/C16H19N3O3/c1-21-13-4-2-11(3-5-13)14-8-18-15(22-14)10-19-7-6-12(9-19)16(17)20/h2-5,8,12H,6-7,9-10H2,1H3,(H2,17,20). The first-order chi connectivity index (χ1) is 10.7. The Morgan fingerprint density at radius 3 is 2.86 bits per heavy atom. The van der Waals surface area contributed by atoms with E-state index in [0.29, 0.717) is 19.0 Å². The van der Waals surface area contributed by atoms with Gasteiger partial charge < -0.3 is 14.9 Å². The Hall–Kier alpha value is -2.34. The predicted octanol–water partition coefficient (Wildman–Crippen LogP) is 1.66. The molecule has 6 heteroatoms. The van der Waals surface area contributed by atoms with E-state index in [-0.39, 0.29) is 11.8 Å². The molecule has 2 aromatic rings. The topological polar surface area (TPSA) is 81.6 Å². The van der Waals surface area contributed by atoms with Gasteiger partial charge in [0.1, 0.15) is 5.75 Å². The van der Waals surface area contributed by atoms with Gasteiger partial charge in [-0.15, -0.1) is 0 Å². The van der Waals surface area contributed by atoms with Crippen LogP contribution in [0, 0.1) is 5.92 Å². The molecule has 1 saturated heterocycles. The number of likely N-dealkylation sites (tertiary alicyclic amines) is 1. The number of nitrogens with two attached hydrogens (primary N) is 1. The largest absolute Gasteiger partial charge is 0.497 e. The van der Waals surface area contributed by atoms with Crippen molar-refractivity contribution in [3.8, 4) is 17.1 Å². The first-order valence-corrected chi connectivity index (χ1v) is 7.26. The molecule has 2 N–H and O–H groups in total. The zero-order valence-electron chi connectivity index (χ0n) is 12.5. The number of aromatic nitrogens is 1. The molecule has 3 rings (SSSR count). The second-order valence-corrected chi connectivity index (χ2v) is 5.47. The van der Waals surface area contributed by atoms with Crippen LogP contribution in [-0.2, 0) is 11.3 Å². The highest BCUT2D eigenvalue weighted by Crippen LogP contribution is 2.24. The van der Waals surface area contributed by atoms with Crippen molar-refractivity contribution in [2.45, 2.75) is 13.0 Å². The molecule has 1 aliphatic rings. The van der Waals surface area contributed by atoms with Crippen molar-refractivity contribution in [2.75, 3.05) is 20.2 Å². The number of methoxy groups -OCH3 is 1. The number of amides is 1. The van der Waals surface area contributed by atoms with Crippen molar-refractivity contribution in [1.29, 1.82) is 0 Å². The molecule has 1 aromatic heterocycles. The summed E-state index contributed by atoms with van der Waals surface area (Å²) in [6.07, 6.45) is 2.53. The molecule has 1 unspecified atom stereocenters. The van der Waals surface area contributed by atoms with Gasteiger partial charge in [-0.25, -0.2) is 4.98 Å². The number of primary amides is 1. The molecule has 0 radical (unpaired) electrons. The lowest BCUT2D eigenvalue weighted by Gasteiger charge is -2.12. The highest BCUT2D eigenvalue weighted by atomic mass is 16.5. The fourth-order valence-corrected chi connectivity index (χ4v) is 2.67. The van der Waals surface area contributed by atoms with Crippen molar-refractivity contribution >= 4 is 5.91 Å². The van der Waals surface area contributed by atoms with Crippen LogP contribution in [-0.4, -0.2) is 36.0 Å². The van der Waals surface area contributed by atoms with Gasteiger partial charge in [-0.2, -0.15) is 0 Å². The zero-order chi connectivity index (χ0) is 15.5. The maximum atomic E-state index is 11.2. The first-order valence-electron chi connectivity index (χ1n) is 7.26.